The second-order valence-corrected chi connectivity index (χ2v) is 10.1. The summed E-state index contributed by atoms with van der Waals surface area (Å²) >= 11 is 0. The highest BCUT2D eigenvalue weighted by molar-refractivity contribution is 6.02. The van der Waals surface area contributed by atoms with Gasteiger partial charge in [-0.25, -0.2) is 0 Å². The first-order valence-electron chi connectivity index (χ1n) is 13.5. The highest BCUT2D eigenvalue weighted by atomic mass is 16.5. The Morgan fingerprint density at radius 2 is 1.49 bits per heavy atom. The largest absolute Gasteiger partial charge is 0.497 e. The van der Waals surface area contributed by atoms with Crippen LogP contribution in [0.3, 0.4) is 0 Å². The van der Waals surface area contributed by atoms with Crippen LogP contribution >= 0.6 is 0 Å². The molecule has 5 aromatic rings. The van der Waals surface area contributed by atoms with E-state index in [-0.39, 0.29) is 5.92 Å². The van der Waals surface area contributed by atoms with Crippen molar-refractivity contribution >= 4 is 39.5 Å². The van der Waals surface area contributed by atoms with Crippen LogP contribution in [-0.4, -0.2) is 7.11 Å². The fraction of sp³-hybridized carbons (Fsp3) is 0.0811. The van der Waals surface area contributed by atoms with Gasteiger partial charge in [-0.2, -0.15) is 0 Å². The first-order chi connectivity index (χ1) is 19.3. The van der Waals surface area contributed by atoms with E-state index >= 15 is 0 Å². The Bertz CT molecular complexity index is 1740. The predicted octanol–water partition coefficient (Wildman–Crippen LogP) is 9.62. The van der Waals surface area contributed by atoms with Gasteiger partial charge in [-0.05, 0) is 93.6 Å². The van der Waals surface area contributed by atoms with Gasteiger partial charge in [0.05, 0.1) is 7.11 Å². The topological polar surface area (TPSA) is 12.5 Å². The molecule has 0 N–H and O–H groups in total. The van der Waals surface area contributed by atoms with E-state index in [9.17, 15) is 0 Å². The van der Waals surface area contributed by atoms with E-state index in [0.717, 1.165) is 29.2 Å². The van der Waals surface area contributed by atoms with E-state index in [2.05, 4.69) is 126 Å². The van der Waals surface area contributed by atoms with Crippen LogP contribution in [0, 0.1) is 0 Å². The number of allylic oxidation sites excluding steroid dienone is 5. The van der Waals surface area contributed by atoms with Crippen molar-refractivity contribution in [3.05, 3.63) is 156 Å². The summed E-state index contributed by atoms with van der Waals surface area (Å²) < 4.78 is 5.38. The van der Waals surface area contributed by atoms with E-state index in [1.54, 1.807) is 7.11 Å². The summed E-state index contributed by atoms with van der Waals surface area (Å²) in [5, 5.41) is 2.77. The fourth-order valence-corrected chi connectivity index (χ4v) is 5.89. The third-order valence-corrected chi connectivity index (χ3v) is 7.83. The van der Waals surface area contributed by atoms with Crippen molar-refractivity contribution in [1.82, 2.24) is 0 Å². The smallest absolute Gasteiger partial charge is 0.119 e. The maximum Gasteiger partial charge on any atom is 0.119 e. The molecule has 2 nitrogen and oxygen atoms in total. The van der Waals surface area contributed by atoms with Gasteiger partial charge in [0.25, 0.3) is 0 Å². The first-order valence-corrected chi connectivity index (χ1v) is 13.5. The number of methoxy groups -OCH3 is 1. The molecule has 0 bridgehead atoms. The number of nitrogens with zero attached hydrogens (tertiary/aromatic N) is 1. The second-order valence-electron chi connectivity index (χ2n) is 10.1. The van der Waals surface area contributed by atoms with Crippen LogP contribution in [0.5, 0.6) is 5.75 Å². The number of ether oxygens (including phenoxy) is 1. The van der Waals surface area contributed by atoms with Crippen LogP contribution in [0.2, 0.25) is 0 Å². The maximum absolute atomic E-state index is 5.38. The lowest BCUT2D eigenvalue weighted by atomic mass is 9.78. The molecule has 5 aromatic carbocycles. The number of hydrogen-bond donors (Lipinski definition) is 0. The molecule has 0 saturated carbocycles. The van der Waals surface area contributed by atoms with E-state index in [4.69, 9.17) is 4.74 Å². The quantitative estimate of drug-likeness (QED) is 0.229. The highest BCUT2D eigenvalue weighted by Gasteiger charge is 2.23. The van der Waals surface area contributed by atoms with E-state index in [1.807, 2.05) is 18.2 Å². The molecule has 2 aliphatic rings. The normalized spacial score (nSPS) is 15.4. The Kier molecular flexibility index (Phi) is 5.86. The highest BCUT2D eigenvalue weighted by Crippen LogP contribution is 2.43. The molecule has 0 aromatic heterocycles. The number of benzene rings is 5. The molecule has 0 heterocycles. The molecule has 7 rings (SSSR count). The zero-order chi connectivity index (χ0) is 26.2. The van der Waals surface area contributed by atoms with Crippen molar-refractivity contribution in [2.24, 2.45) is 0 Å². The lowest BCUT2D eigenvalue weighted by Crippen LogP contribution is -2.09. The summed E-state index contributed by atoms with van der Waals surface area (Å²) in [6.45, 7) is 0. The lowest BCUT2D eigenvalue weighted by molar-refractivity contribution is 0.415. The van der Waals surface area contributed by atoms with Gasteiger partial charge < -0.3 is 9.64 Å². The molecule has 0 radical (unpaired) electrons. The molecule has 188 valence electrons. The van der Waals surface area contributed by atoms with Crippen LogP contribution in [0.1, 0.15) is 28.2 Å². The Labute approximate surface area is 229 Å². The molecule has 0 amide bonds. The van der Waals surface area contributed by atoms with Crippen LogP contribution < -0.4 is 9.64 Å². The van der Waals surface area contributed by atoms with Crippen LogP contribution in [0.25, 0.3) is 22.4 Å². The summed E-state index contributed by atoms with van der Waals surface area (Å²) in [5.74, 6) is 1.11. The molecular weight excluding hydrogens is 474 g/mol. The van der Waals surface area contributed by atoms with Gasteiger partial charge in [-0.15, -0.1) is 0 Å². The van der Waals surface area contributed by atoms with Crippen LogP contribution in [-0.2, 0) is 6.42 Å². The Morgan fingerprint density at radius 3 is 2.26 bits per heavy atom. The van der Waals surface area contributed by atoms with Gasteiger partial charge in [-0.3, -0.25) is 0 Å². The van der Waals surface area contributed by atoms with E-state index in [0.29, 0.717) is 0 Å². The minimum Gasteiger partial charge on any atom is -0.497 e. The number of anilines is 3. The average Bonchev–Trinajstić information content (AvgIpc) is 3.01. The summed E-state index contributed by atoms with van der Waals surface area (Å²) in [6.07, 6.45) is 12.6. The van der Waals surface area contributed by atoms with Gasteiger partial charge in [0, 0.05) is 23.0 Å². The average molecular weight is 504 g/mol. The zero-order valence-corrected chi connectivity index (χ0v) is 21.9. The Hall–Kier alpha value is -4.82. The Morgan fingerprint density at radius 1 is 0.744 bits per heavy atom. The van der Waals surface area contributed by atoms with Crippen molar-refractivity contribution in [3.8, 4) is 5.75 Å². The maximum atomic E-state index is 5.38. The Balaban J connectivity index is 1.19. The number of rotatable bonds is 6. The van der Waals surface area contributed by atoms with Crippen LogP contribution in [0.4, 0.5) is 17.1 Å². The zero-order valence-electron chi connectivity index (χ0n) is 21.9. The van der Waals surface area contributed by atoms with Crippen molar-refractivity contribution in [3.63, 3.8) is 0 Å². The van der Waals surface area contributed by atoms with Gasteiger partial charge in [0.1, 0.15) is 5.75 Å². The molecule has 2 aliphatic carbocycles. The fourth-order valence-electron chi connectivity index (χ4n) is 5.89. The van der Waals surface area contributed by atoms with Crippen molar-refractivity contribution in [1.29, 1.82) is 0 Å². The molecule has 0 fully saturated rings. The first kappa shape index (κ1) is 23.3. The minimum atomic E-state index is 0.257. The van der Waals surface area contributed by atoms with Crippen LogP contribution in [0.15, 0.2) is 133 Å². The monoisotopic (exact) mass is 503 g/mol. The standard InChI is InChI=1S/C37H29NO/c1-39-34-23-21-33(22-24-34)38(31-8-3-2-4-9-31)32-19-11-26(12-20-32)10-13-27-14-15-30-17-16-28-6-5-7-29-18-25-35(27)37(30)36(28)29/h2-15,17-25,27H,16H2,1H3. The van der Waals surface area contributed by atoms with Gasteiger partial charge in [-0.1, -0.05) is 91.0 Å². The summed E-state index contributed by atoms with van der Waals surface area (Å²) in [6, 6.07) is 38.7. The molecule has 0 spiro atoms. The van der Waals surface area contributed by atoms with E-state index < -0.39 is 0 Å². The summed E-state index contributed by atoms with van der Waals surface area (Å²) in [5.41, 5.74) is 10.1. The van der Waals surface area contributed by atoms with Gasteiger partial charge in [0.2, 0.25) is 0 Å². The molecule has 1 unspecified atom stereocenters. The number of hydrogen-bond acceptors (Lipinski definition) is 2. The molecular formula is C37H29NO. The molecule has 1 atom stereocenters. The molecule has 0 saturated heterocycles. The van der Waals surface area contributed by atoms with E-state index in [1.165, 1.54) is 38.6 Å². The lowest BCUT2D eigenvalue weighted by Gasteiger charge is -2.26. The van der Waals surface area contributed by atoms with Crippen molar-refractivity contribution in [2.75, 3.05) is 12.0 Å². The summed E-state index contributed by atoms with van der Waals surface area (Å²) in [4.78, 5) is 2.27. The predicted molar refractivity (Wildman–Crippen MR) is 164 cm³/mol. The molecule has 39 heavy (non-hydrogen) atoms. The van der Waals surface area contributed by atoms with Gasteiger partial charge >= 0.3 is 0 Å². The molecule has 2 heteroatoms. The third kappa shape index (κ3) is 4.24. The summed E-state index contributed by atoms with van der Waals surface area (Å²) in [7, 11) is 1.70. The SMILES string of the molecule is COc1ccc(N(c2ccccc2)c2ccc(C=CC3C=CC4=CCc5cccc6ccc3c4c56)cc2)cc1. The number of para-hydroxylation sites is 1. The van der Waals surface area contributed by atoms with Gasteiger partial charge in [0.15, 0.2) is 0 Å². The minimum absolute atomic E-state index is 0.257. The molecule has 0 aliphatic heterocycles. The van der Waals surface area contributed by atoms with Crippen molar-refractivity contribution in [2.45, 2.75) is 12.3 Å². The van der Waals surface area contributed by atoms with Crippen molar-refractivity contribution < 1.29 is 4.74 Å². The third-order valence-electron chi connectivity index (χ3n) is 7.83. The second kappa shape index (κ2) is 9.81.